The van der Waals surface area contributed by atoms with E-state index in [0.29, 0.717) is 6.54 Å². The molecule has 5 aromatic carbocycles. The molecule has 22 unspecified atom stereocenters. The SMILES string of the molecule is CCCCCCCCCCNC1(C)CC(OC2C(Oc3c4cc5cc3Oc3ccc(cc3Cl)C(O)C(NC(=O)C(CC(C)C)NC)C(=O)NC(CC(N)=O)C(=O)NC5C(=O)NC3C(=O)NC(C(=O)NC(C(=O)O)c5cc(O)cc(O)c5-c5c(O)cccc53)C(OC3CC(C)(N)C(O)C(C)O3)c3ccc(cc3)O4)OC(CO)C(O)C2O)OC(C)C1O. The van der Waals surface area contributed by atoms with E-state index in [2.05, 4.69) is 49.5 Å². The lowest BCUT2D eigenvalue weighted by Crippen LogP contribution is -2.65. The summed E-state index contributed by atoms with van der Waals surface area (Å²) in [5.74, 6) is -15.8. The van der Waals surface area contributed by atoms with Gasteiger partial charge in [0.2, 0.25) is 53.4 Å². The molecule has 37 heteroatoms. The molecule has 120 heavy (non-hydrogen) atoms. The molecular formula is C83H109ClN10O26. The molecular weight excluding hydrogens is 1590 g/mol. The molecule has 0 aliphatic carbocycles. The third-order valence-electron chi connectivity index (χ3n) is 22.6. The third-order valence-corrected chi connectivity index (χ3v) is 22.9. The summed E-state index contributed by atoms with van der Waals surface area (Å²) in [6.07, 6.45) is -13.6. The van der Waals surface area contributed by atoms with Gasteiger partial charge in [-0.05, 0) is 131 Å². The zero-order valence-electron chi connectivity index (χ0n) is 67.6. The molecule has 8 aliphatic rings. The van der Waals surface area contributed by atoms with Crippen molar-refractivity contribution in [3.63, 3.8) is 0 Å². The van der Waals surface area contributed by atoms with Crippen molar-refractivity contribution in [3.8, 4) is 57.1 Å². The van der Waals surface area contributed by atoms with Crippen LogP contribution in [0.2, 0.25) is 5.02 Å². The Labute approximate surface area is 696 Å². The van der Waals surface area contributed by atoms with Crippen LogP contribution in [0.3, 0.4) is 0 Å². The number of primary amides is 1. The highest BCUT2D eigenvalue weighted by molar-refractivity contribution is 6.32. The number of aliphatic carboxylic acids is 1. The second-order valence-electron chi connectivity index (χ2n) is 32.4. The topological polar surface area (TPSA) is 561 Å². The van der Waals surface area contributed by atoms with Gasteiger partial charge in [-0.3, -0.25) is 33.6 Å². The van der Waals surface area contributed by atoms with E-state index < -0.39 is 256 Å². The van der Waals surface area contributed by atoms with Gasteiger partial charge in [0, 0.05) is 46.7 Å². The predicted molar refractivity (Wildman–Crippen MR) is 427 cm³/mol. The smallest absolute Gasteiger partial charge is 0.330 e. The summed E-state index contributed by atoms with van der Waals surface area (Å²) in [4.78, 5) is 121. The number of halogens is 1. The standard InChI is InChI=1S/C83H109ClN10O26/c1-9-10-11-12-13-14-15-16-26-88-83(7)35-58(114-39(5)73(83)104)119-71-68(102)67(101)55(36-95)117-81(71)120-70-53-29-42-30-54(70)116-52-25-22-41(28-47(52)84)66(100)64(93-74(105)48(87-8)27-37(2)3)78(109)89-49(33-56(85)99)75(106)90-61(42)76(107)91-62-45-18-17-19-50(97)59(45)60-46(31-43(96)32-51(60)98)63(80(111)112)92-79(110)65(94-77(62)108)69(40-20-23-44(115-53)24-21-40)118-57-34-82(6,86)72(103)38(4)113-57/h17-25,28-32,37-39,48-49,55,57-58,61-69,71-73,81,87-88,95-98,100-104H,9-16,26-27,33-36,86H2,1-8H3,(H2,85,99)(H,89,109)(H,90,106)(H,91,107)(H,92,110)(H,93,105)(H,94,108)(H,111,112). The van der Waals surface area contributed by atoms with Gasteiger partial charge in [0.05, 0.1) is 48.5 Å². The number of hydrogen-bond donors (Lipinski definition) is 20. The van der Waals surface area contributed by atoms with Crippen LogP contribution < -0.4 is 68.2 Å². The van der Waals surface area contributed by atoms with Gasteiger partial charge in [-0.25, -0.2) is 4.79 Å². The first-order chi connectivity index (χ1) is 56.9. The second-order valence-corrected chi connectivity index (χ2v) is 32.8. The number of likely N-dealkylation sites (N-methyl/N-ethyl adjacent to an activating group) is 1. The van der Waals surface area contributed by atoms with Crippen molar-refractivity contribution in [2.45, 2.75) is 259 Å². The third kappa shape index (κ3) is 20.8. The number of unbranched alkanes of at least 4 members (excludes halogenated alkanes) is 7. The van der Waals surface area contributed by atoms with Crippen molar-refractivity contribution in [3.05, 3.63) is 118 Å². The lowest BCUT2D eigenvalue weighted by atomic mass is 9.84. The monoisotopic (exact) mass is 1700 g/mol. The van der Waals surface area contributed by atoms with Crippen LogP contribution in [-0.2, 0) is 62.0 Å². The van der Waals surface area contributed by atoms with Crippen LogP contribution in [-0.4, -0.2) is 222 Å². The fraction of sp³-hybridized carbons (Fsp3) is 0.542. The highest BCUT2D eigenvalue weighted by atomic mass is 35.5. The lowest BCUT2D eigenvalue weighted by molar-refractivity contribution is -0.334. The molecule has 9 bridgehead atoms. The molecule has 0 saturated carbocycles. The average Bonchev–Trinajstić information content (AvgIpc) is 1.34. The Morgan fingerprint density at radius 1 is 0.667 bits per heavy atom. The number of amides is 7. The molecule has 3 saturated heterocycles. The summed E-state index contributed by atoms with van der Waals surface area (Å²) in [6.45, 7) is 11.7. The number of aliphatic hydroxyl groups excluding tert-OH is 6. The molecule has 3 fully saturated rings. The van der Waals surface area contributed by atoms with Crippen LogP contribution in [0, 0.1) is 5.92 Å². The zero-order valence-corrected chi connectivity index (χ0v) is 68.4. The highest BCUT2D eigenvalue weighted by Crippen LogP contribution is 2.51. The van der Waals surface area contributed by atoms with Gasteiger partial charge in [0.15, 0.2) is 36.2 Å². The Morgan fingerprint density at radius 3 is 1.94 bits per heavy atom. The van der Waals surface area contributed by atoms with E-state index in [1.807, 2.05) is 13.8 Å². The number of hydrogen-bond acceptors (Lipinski definition) is 28. The molecule has 8 heterocycles. The quantitative estimate of drug-likeness (QED) is 0.0372. The van der Waals surface area contributed by atoms with Crippen LogP contribution in [0.15, 0.2) is 84.9 Å². The van der Waals surface area contributed by atoms with Gasteiger partial charge in [-0.15, -0.1) is 0 Å². The molecule has 0 spiro atoms. The van der Waals surface area contributed by atoms with Crippen LogP contribution in [0.4, 0.5) is 0 Å². The Balaban J connectivity index is 1.15. The zero-order chi connectivity index (χ0) is 87.1. The maximum Gasteiger partial charge on any atom is 0.330 e. The lowest BCUT2D eigenvalue weighted by Gasteiger charge is -2.48. The summed E-state index contributed by atoms with van der Waals surface area (Å²) < 4.78 is 52.8. The minimum Gasteiger partial charge on any atom is -0.508 e. The molecule has 7 amide bonds. The molecule has 13 rings (SSSR count). The number of carbonyl (C=O) groups excluding carboxylic acids is 7. The normalized spacial score (nSPS) is 30.5. The number of phenolic OH excluding ortho intramolecular Hbond substituents is 3. The van der Waals surface area contributed by atoms with Crippen molar-refractivity contribution < 1.29 is 127 Å². The van der Waals surface area contributed by atoms with Gasteiger partial charge < -0.3 is 143 Å². The van der Waals surface area contributed by atoms with E-state index in [1.54, 1.807) is 13.8 Å². The molecule has 36 nitrogen and oxygen atoms in total. The van der Waals surface area contributed by atoms with E-state index in [0.717, 1.165) is 93.8 Å². The number of aromatic hydroxyl groups is 3. The molecule has 8 aliphatic heterocycles. The number of carbonyl (C=O) groups is 8. The number of fused-ring (bicyclic) bond motifs is 14. The number of rotatable bonds is 25. The van der Waals surface area contributed by atoms with E-state index in [9.17, 15) is 65.4 Å². The Bertz CT molecular complexity index is 4550. The first-order valence-electron chi connectivity index (χ1n) is 40.2. The number of carboxylic acids is 1. The molecule has 654 valence electrons. The summed E-state index contributed by atoms with van der Waals surface area (Å²) in [5.41, 5.74) is 6.96. The molecule has 22 N–H and O–H groups in total. The Kier molecular flexibility index (Phi) is 29.7. The first kappa shape index (κ1) is 91.1. The van der Waals surface area contributed by atoms with E-state index >= 15 is 24.0 Å². The van der Waals surface area contributed by atoms with Crippen LogP contribution >= 0.6 is 11.6 Å². The van der Waals surface area contributed by atoms with Crippen molar-refractivity contribution in [2.24, 2.45) is 17.4 Å². The van der Waals surface area contributed by atoms with Crippen molar-refractivity contribution in [1.29, 1.82) is 0 Å². The maximum atomic E-state index is 16.6. The van der Waals surface area contributed by atoms with Gasteiger partial charge >= 0.3 is 5.97 Å². The van der Waals surface area contributed by atoms with Crippen molar-refractivity contribution >= 4 is 58.9 Å². The number of benzene rings is 5. The molecule has 0 aromatic heterocycles. The minimum absolute atomic E-state index is 0.0375. The van der Waals surface area contributed by atoms with Gasteiger partial charge in [-0.1, -0.05) is 108 Å². The number of ether oxygens (including phenoxy) is 8. The number of nitrogens with two attached hydrogens (primary N) is 2. The number of phenols is 3. The summed E-state index contributed by atoms with van der Waals surface area (Å²) >= 11 is 7.22. The molecule has 22 atom stereocenters. The number of carboxylic acid groups (broad SMARTS) is 1. The van der Waals surface area contributed by atoms with Crippen LogP contribution in [0.1, 0.15) is 184 Å². The predicted octanol–water partition coefficient (Wildman–Crippen LogP) is 3.46. The summed E-state index contributed by atoms with van der Waals surface area (Å²) in [6, 6.07) is 1.59. The van der Waals surface area contributed by atoms with Crippen LogP contribution in [0.25, 0.3) is 11.1 Å². The minimum atomic E-state index is -2.39. The first-order valence-corrected chi connectivity index (χ1v) is 40.6. The van der Waals surface area contributed by atoms with Crippen LogP contribution in [0.5, 0.6) is 46.0 Å². The Hall–Kier alpha value is -9.61. The number of aliphatic hydroxyl groups is 6. The fourth-order valence-electron chi connectivity index (χ4n) is 16.1. The van der Waals surface area contributed by atoms with Crippen molar-refractivity contribution in [1.82, 2.24) is 42.5 Å². The van der Waals surface area contributed by atoms with E-state index in [4.69, 9.17) is 61.0 Å². The summed E-state index contributed by atoms with van der Waals surface area (Å²) in [7, 11) is 1.48. The van der Waals surface area contributed by atoms with E-state index in [1.165, 1.54) is 63.4 Å². The molecule has 0 radical (unpaired) electrons. The van der Waals surface area contributed by atoms with E-state index in [-0.39, 0.29) is 52.8 Å². The number of nitrogens with one attached hydrogen (secondary N) is 8. The average molecular weight is 1700 g/mol. The molecule has 5 aromatic rings. The van der Waals surface area contributed by atoms with Gasteiger partial charge in [0.1, 0.15) is 89.5 Å². The van der Waals surface area contributed by atoms with Gasteiger partial charge in [-0.2, -0.15) is 0 Å². The maximum absolute atomic E-state index is 16.6. The Morgan fingerprint density at radius 2 is 1.30 bits per heavy atom. The fourth-order valence-corrected chi connectivity index (χ4v) is 16.3. The van der Waals surface area contributed by atoms with Crippen molar-refractivity contribution in [2.75, 3.05) is 20.2 Å². The highest BCUT2D eigenvalue weighted by Gasteiger charge is 2.53. The largest absolute Gasteiger partial charge is 0.508 e. The second kappa shape index (κ2) is 39.1. The summed E-state index contributed by atoms with van der Waals surface area (Å²) in [5, 5.41) is 138. The van der Waals surface area contributed by atoms with Gasteiger partial charge in [0.25, 0.3) is 0 Å².